The number of carboxylic acids is 1. The summed E-state index contributed by atoms with van der Waals surface area (Å²) in [5.41, 5.74) is -0.131. The molecule has 7 nitrogen and oxygen atoms in total. The number of aryl methyl sites for hydroxylation is 1. The fourth-order valence-corrected chi connectivity index (χ4v) is 2.86. The van der Waals surface area contributed by atoms with Gasteiger partial charge in [0, 0.05) is 18.4 Å². The molecule has 0 saturated heterocycles. The fourth-order valence-electron chi connectivity index (χ4n) is 2.86. The van der Waals surface area contributed by atoms with E-state index in [4.69, 9.17) is 0 Å². The van der Waals surface area contributed by atoms with Crippen molar-refractivity contribution >= 4 is 17.4 Å². The molecule has 0 radical (unpaired) electrons. The predicted molar refractivity (Wildman–Crippen MR) is 72.5 cm³/mol. The molecule has 0 aromatic carbocycles. The van der Waals surface area contributed by atoms with Gasteiger partial charge >= 0.3 is 5.97 Å². The van der Waals surface area contributed by atoms with Crippen LogP contribution in [0.15, 0.2) is 12.4 Å². The van der Waals surface area contributed by atoms with E-state index in [1.165, 1.54) is 0 Å². The summed E-state index contributed by atoms with van der Waals surface area (Å²) in [5.74, 6) is 0.599. The van der Waals surface area contributed by atoms with Crippen LogP contribution in [0.1, 0.15) is 32.0 Å². The van der Waals surface area contributed by atoms with Crippen LogP contribution in [0, 0.1) is 12.3 Å². The summed E-state index contributed by atoms with van der Waals surface area (Å²) in [6, 6.07) is -0.143. The maximum Gasteiger partial charge on any atom is 0.311 e. The van der Waals surface area contributed by atoms with Gasteiger partial charge in [0.2, 0.25) is 5.65 Å². The van der Waals surface area contributed by atoms with Crippen molar-refractivity contribution < 1.29 is 9.90 Å². The molecule has 2 unspecified atom stereocenters. The van der Waals surface area contributed by atoms with Crippen molar-refractivity contribution in [2.45, 2.75) is 39.2 Å². The topological polar surface area (TPSA) is 92.4 Å². The Morgan fingerprint density at radius 3 is 3.10 bits per heavy atom. The second kappa shape index (κ2) is 4.43. The smallest absolute Gasteiger partial charge is 0.311 e. The number of carbonyl (C=O) groups is 1. The number of carboxylic acid groups (broad SMARTS) is 1. The number of hydrogen-bond donors (Lipinski definition) is 2. The number of nitrogens with zero attached hydrogens (tertiary/aromatic N) is 4. The third-order valence-corrected chi connectivity index (χ3v) is 4.25. The second-order valence-corrected chi connectivity index (χ2v) is 5.53. The Bertz CT molecular complexity index is 668. The van der Waals surface area contributed by atoms with Gasteiger partial charge in [0.15, 0.2) is 5.82 Å². The zero-order valence-electron chi connectivity index (χ0n) is 11.5. The van der Waals surface area contributed by atoms with Crippen LogP contribution in [-0.4, -0.2) is 36.7 Å². The fraction of sp³-hybridized carbons (Fsp3) is 0.538. The van der Waals surface area contributed by atoms with E-state index in [2.05, 4.69) is 20.5 Å². The Hall–Kier alpha value is -2.18. The van der Waals surface area contributed by atoms with Crippen LogP contribution in [0.3, 0.4) is 0 Å². The molecule has 20 heavy (non-hydrogen) atoms. The first kappa shape index (κ1) is 12.8. The summed E-state index contributed by atoms with van der Waals surface area (Å²) < 4.78 is 1.84. The first-order chi connectivity index (χ1) is 9.52. The summed E-state index contributed by atoms with van der Waals surface area (Å²) in [7, 11) is 0. The Morgan fingerprint density at radius 2 is 2.35 bits per heavy atom. The highest BCUT2D eigenvalue weighted by molar-refractivity contribution is 5.77. The van der Waals surface area contributed by atoms with Crippen LogP contribution >= 0.6 is 0 Å². The first-order valence-corrected chi connectivity index (χ1v) is 6.68. The molecule has 3 rings (SSSR count). The van der Waals surface area contributed by atoms with Crippen molar-refractivity contribution in [1.82, 2.24) is 19.6 Å². The molecule has 0 spiro atoms. The van der Waals surface area contributed by atoms with Crippen molar-refractivity contribution in [3.8, 4) is 0 Å². The van der Waals surface area contributed by atoms with Gasteiger partial charge in [0.05, 0.1) is 5.41 Å². The van der Waals surface area contributed by atoms with E-state index >= 15 is 0 Å². The lowest BCUT2D eigenvalue weighted by molar-refractivity contribution is -0.147. The van der Waals surface area contributed by atoms with Crippen molar-refractivity contribution in [2.24, 2.45) is 5.41 Å². The largest absolute Gasteiger partial charge is 0.481 e. The molecule has 2 N–H and O–H groups in total. The summed E-state index contributed by atoms with van der Waals surface area (Å²) in [5, 5.41) is 20.8. The molecule has 2 heterocycles. The normalized spacial score (nSPS) is 26.0. The Balaban J connectivity index is 1.95. The van der Waals surface area contributed by atoms with Crippen molar-refractivity contribution in [1.29, 1.82) is 0 Å². The van der Waals surface area contributed by atoms with E-state index in [0.29, 0.717) is 17.9 Å². The molecule has 1 aliphatic rings. The molecule has 1 saturated carbocycles. The van der Waals surface area contributed by atoms with E-state index in [-0.39, 0.29) is 6.04 Å². The van der Waals surface area contributed by atoms with Gasteiger partial charge in [-0.05, 0) is 26.7 Å². The van der Waals surface area contributed by atoms with E-state index in [1.54, 1.807) is 19.3 Å². The van der Waals surface area contributed by atoms with Crippen LogP contribution in [-0.2, 0) is 4.79 Å². The minimum Gasteiger partial charge on any atom is -0.481 e. The van der Waals surface area contributed by atoms with Gasteiger partial charge in [-0.3, -0.25) is 9.20 Å². The lowest BCUT2D eigenvalue weighted by atomic mass is 9.85. The molecule has 0 aliphatic heterocycles. The van der Waals surface area contributed by atoms with Crippen LogP contribution in [0.5, 0.6) is 0 Å². The lowest BCUT2D eigenvalue weighted by Crippen LogP contribution is -2.40. The van der Waals surface area contributed by atoms with E-state index in [9.17, 15) is 9.90 Å². The van der Waals surface area contributed by atoms with E-state index in [1.807, 2.05) is 11.3 Å². The minimum absolute atomic E-state index is 0.143. The van der Waals surface area contributed by atoms with E-state index < -0.39 is 11.4 Å². The molecule has 0 bridgehead atoms. The highest BCUT2D eigenvalue weighted by atomic mass is 16.4. The Kier molecular flexibility index (Phi) is 2.84. The quantitative estimate of drug-likeness (QED) is 0.881. The van der Waals surface area contributed by atoms with Gasteiger partial charge in [-0.2, -0.15) is 0 Å². The van der Waals surface area contributed by atoms with Gasteiger partial charge in [0.1, 0.15) is 5.82 Å². The second-order valence-electron chi connectivity index (χ2n) is 5.53. The number of hydrogen-bond acceptors (Lipinski definition) is 5. The Labute approximate surface area is 116 Å². The van der Waals surface area contributed by atoms with Gasteiger partial charge in [0.25, 0.3) is 0 Å². The van der Waals surface area contributed by atoms with Crippen molar-refractivity contribution in [3.63, 3.8) is 0 Å². The molecule has 2 aromatic heterocycles. The molecular formula is C13H17N5O2. The molecule has 7 heteroatoms. The standard InChI is InChI=1S/C13H17N5O2/c1-8-16-17-11-10(14-6-7-18(8)11)15-9-4-3-5-13(9,2)12(19)20/h6-7,9H,3-5H2,1-2H3,(H,14,15)(H,19,20). The van der Waals surface area contributed by atoms with E-state index in [0.717, 1.165) is 18.7 Å². The molecule has 1 aliphatic carbocycles. The first-order valence-electron chi connectivity index (χ1n) is 6.68. The molecule has 1 fully saturated rings. The van der Waals surface area contributed by atoms with Crippen LogP contribution in [0.4, 0.5) is 5.82 Å². The maximum atomic E-state index is 11.5. The summed E-state index contributed by atoms with van der Waals surface area (Å²) in [6.45, 7) is 3.65. The van der Waals surface area contributed by atoms with Gasteiger partial charge < -0.3 is 10.4 Å². The number of aliphatic carboxylic acids is 1. The lowest BCUT2D eigenvalue weighted by Gasteiger charge is -2.28. The number of nitrogens with one attached hydrogen (secondary N) is 1. The number of aromatic nitrogens is 4. The Morgan fingerprint density at radius 1 is 1.55 bits per heavy atom. The highest BCUT2D eigenvalue weighted by Gasteiger charge is 2.45. The zero-order valence-corrected chi connectivity index (χ0v) is 11.5. The molecule has 2 atom stereocenters. The molecule has 2 aromatic rings. The third-order valence-electron chi connectivity index (χ3n) is 4.25. The van der Waals surface area contributed by atoms with Crippen molar-refractivity contribution in [2.75, 3.05) is 5.32 Å². The predicted octanol–water partition coefficient (Wildman–Crippen LogP) is 1.49. The number of anilines is 1. The van der Waals surface area contributed by atoms with Gasteiger partial charge in [-0.15, -0.1) is 10.2 Å². The number of fused-ring (bicyclic) bond motifs is 1. The van der Waals surface area contributed by atoms with Crippen LogP contribution in [0.2, 0.25) is 0 Å². The zero-order chi connectivity index (χ0) is 14.3. The minimum atomic E-state index is -0.767. The molecule has 106 valence electrons. The maximum absolute atomic E-state index is 11.5. The number of rotatable bonds is 3. The molecule has 0 amide bonds. The molecular weight excluding hydrogens is 258 g/mol. The SMILES string of the molecule is Cc1nnc2c(NC3CCCC3(C)C(=O)O)nccn12. The van der Waals surface area contributed by atoms with Crippen LogP contribution < -0.4 is 5.32 Å². The summed E-state index contributed by atoms with van der Waals surface area (Å²) in [4.78, 5) is 15.8. The average molecular weight is 275 g/mol. The highest BCUT2D eigenvalue weighted by Crippen LogP contribution is 2.40. The van der Waals surface area contributed by atoms with Gasteiger partial charge in [-0.1, -0.05) is 6.42 Å². The summed E-state index contributed by atoms with van der Waals surface area (Å²) >= 11 is 0. The van der Waals surface area contributed by atoms with Gasteiger partial charge in [-0.25, -0.2) is 4.98 Å². The third kappa shape index (κ3) is 1.81. The van der Waals surface area contributed by atoms with Crippen LogP contribution in [0.25, 0.3) is 5.65 Å². The van der Waals surface area contributed by atoms with Crippen molar-refractivity contribution in [3.05, 3.63) is 18.2 Å². The average Bonchev–Trinajstić information content (AvgIpc) is 2.97. The monoisotopic (exact) mass is 275 g/mol. The summed E-state index contributed by atoms with van der Waals surface area (Å²) in [6.07, 6.45) is 5.85.